The molecule has 174 valence electrons. The molecule has 7 nitrogen and oxygen atoms in total. The topological polar surface area (TPSA) is 89.0 Å². The number of hydrogen-bond donors (Lipinski definition) is 1. The molecule has 2 saturated heterocycles. The summed E-state index contributed by atoms with van der Waals surface area (Å²) >= 11 is 8.09. The molecule has 2 aromatic rings. The van der Waals surface area contributed by atoms with Gasteiger partial charge in [-0.1, -0.05) is 35.5 Å². The molecule has 2 aliphatic heterocycles. The van der Waals surface area contributed by atoms with Crippen molar-refractivity contribution in [3.8, 4) is 11.3 Å². The lowest BCUT2D eigenvalue weighted by Gasteiger charge is -2.41. The van der Waals surface area contributed by atoms with E-state index in [0.717, 1.165) is 54.5 Å². The molecule has 1 spiro atoms. The van der Waals surface area contributed by atoms with Gasteiger partial charge in [0.05, 0.1) is 35.8 Å². The minimum atomic E-state index is 0.0978. The van der Waals surface area contributed by atoms with E-state index in [1.165, 1.54) is 11.8 Å². The summed E-state index contributed by atoms with van der Waals surface area (Å²) in [7, 11) is 0. The maximum Gasteiger partial charge on any atom is 0.118 e. The van der Waals surface area contributed by atoms with E-state index in [1.807, 2.05) is 25.1 Å². The maximum atomic E-state index is 6.67. The smallest absolute Gasteiger partial charge is 0.118 e. The number of ether oxygens (including phenoxy) is 1. The summed E-state index contributed by atoms with van der Waals surface area (Å²) in [4.78, 5) is 20.5. The van der Waals surface area contributed by atoms with Crippen LogP contribution in [0, 0.1) is 5.41 Å². The van der Waals surface area contributed by atoms with Crippen LogP contribution in [0.5, 0.6) is 0 Å². The fraction of sp³-hybridized carbons (Fsp3) is 0.417. The van der Waals surface area contributed by atoms with Gasteiger partial charge < -0.3 is 15.4 Å². The summed E-state index contributed by atoms with van der Waals surface area (Å²) < 4.78 is 5.83. The SMILES string of the molecule is C=N/C(=C\N=C(C)N1CCC2(CC1)CO[C@@H](C)[C@H]2N)Sc1cccc(-c2cnccn2)c1Cl. The van der Waals surface area contributed by atoms with Gasteiger partial charge in [-0.25, -0.2) is 4.99 Å². The Kier molecular flexibility index (Phi) is 7.48. The van der Waals surface area contributed by atoms with E-state index in [9.17, 15) is 0 Å². The van der Waals surface area contributed by atoms with Gasteiger partial charge >= 0.3 is 0 Å². The number of benzene rings is 1. The normalized spacial score (nSPS) is 23.2. The van der Waals surface area contributed by atoms with Crippen LogP contribution in [0.25, 0.3) is 11.3 Å². The number of thioether (sulfide) groups is 1. The highest BCUT2D eigenvalue weighted by atomic mass is 35.5. The zero-order valence-corrected chi connectivity index (χ0v) is 20.5. The highest BCUT2D eigenvalue weighted by Gasteiger charge is 2.47. The molecule has 0 unspecified atom stereocenters. The summed E-state index contributed by atoms with van der Waals surface area (Å²) in [6.07, 6.45) is 8.89. The second kappa shape index (κ2) is 10.3. The molecule has 33 heavy (non-hydrogen) atoms. The molecule has 1 aromatic carbocycles. The van der Waals surface area contributed by atoms with Crippen LogP contribution in [0.2, 0.25) is 5.02 Å². The van der Waals surface area contributed by atoms with Crippen molar-refractivity contribution in [2.75, 3.05) is 19.7 Å². The zero-order valence-electron chi connectivity index (χ0n) is 18.9. The van der Waals surface area contributed by atoms with Gasteiger partial charge in [0.2, 0.25) is 0 Å². The van der Waals surface area contributed by atoms with Crippen LogP contribution in [0.1, 0.15) is 26.7 Å². The number of amidine groups is 1. The number of nitrogens with zero attached hydrogens (tertiary/aromatic N) is 5. The number of aliphatic imine (C=N–C) groups is 2. The van der Waals surface area contributed by atoms with Crippen molar-refractivity contribution in [3.63, 3.8) is 0 Å². The first-order valence-electron chi connectivity index (χ1n) is 11.0. The molecule has 0 amide bonds. The summed E-state index contributed by atoms with van der Waals surface area (Å²) in [6, 6.07) is 5.91. The molecule has 0 saturated carbocycles. The lowest BCUT2D eigenvalue weighted by Crippen LogP contribution is -2.51. The molecular formula is C24H29ClN6OS. The number of nitrogens with two attached hydrogens (primary N) is 1. The third-order valence-corrected chi connectivity index (χ3v) is 8.12. The van der Waals surface area contributed by atoms with Crippen LogP contribution >= 0.6 is 23.4 Å². The van der Waals surface area contributed by atoms with Crippen molar-refractivity contribution < 1.29 is 4.74 Å². The molecule has 2 atom stereocenters. The van der Waals surface area contributed by atoms with Gasteiger partial charge in [-0.3, -0.25) is 15.0 Å². The zero-order chi connectivity index (χ0) is 23.4. The van der Waals surface area contributed by atoms with Crippen LogP contribution in [-0.2, 0) is 4.74 Å². The third-order valence-electron chi connectivity index (χ3n) is 6.60. The molecule has 0 aliphatic carbocycles. The van der Waals surface area contributed by atoms with Crippen molar-refractivity contribution in [1.29, 1.82) is 0 Å². The maximum absolute atomic E-state index is 6.67. The van der Waals surface area contributed by atoms with E-state index in [1.54, 1.807) is 24.8 Å². The average Bonchev–Trinajstić information content (AvgIpc) is 3.12. The molecule has 2 aliphatic rings. The Bertz CT molecular complexity index is 1050. The van der Waals surface area contributed by atoms with Crippen molar-refractivity contribution in [2.45, 2.75) is 43.7 Å². The Morgan fingerprint density at radius 3 is 2.79 bits per heavy atom. The highest BCUT2D eigenvalue weighted by Crippen LogP contribution is 2.41. The molecule has 0 bridgehead atoms. The fourth-order valence-corrected chi connectivity index (χ4v) is 5.50. The molecule has 4 rings (SSSR count). The van der Waals surface area contributed by atoms with Crippen molar-refractivity contribution in [3.05, 3.63) is 53.0 Å². The first kappa shape index (κ1) is 23.9. The number of rotatable bonds is 5. The second-order valence-corrected chi connectivity index (χ2v) is 9.94. The van der Waals surface area contributed by atoms with Crippen LogP contribution in [-0.4, -0.2) is 59.3 Å². The largest absolute Gasteiger partial charge is 0.376 e. The molecular weight excluding hydrogens is 456 g/mol. The van der Waals surface area contributed by atoms with Crippen LogP contribution in [0.4, 0.5) is 0 Å². The predicted molar refractivity (Wildman–Crippen MR) is 136 cm³/mol. The summed E-state index contributed by atoms with van der Waals surface area (Å²) in [5, 5.41) is 1.27. The van der Waals surface area contributed by atoms with E-state index >= 15 is 0 Å². The Morgan fingerprint density at radius 1 is 1.36 bits per heavy atom. The fourth-order valence-electron chi connectivity index (χ4n) is 4.42. The molecule has 1 aromatic heterocycles. The van der Waals surface area contributed by atoms with Gasteiger partial charge in [-0.05, 0) is 39.5 Å². The predicted octanol–water partition coefficient (Wildman–Crippen LogP) is 4.64. The molecule has 9 heteroatoms. The van der Waals surface area contributed by atoms with Gasteiger partial charge in [0.25, 0.3) is 0 Å². The number of likely N-dealkylation sites (tertiary alicyclic amines) is 1. The van der Waals surface area contributed by atoms with E-state index in [-0.39, 0.29) is 17.6 Å². The van der Waals surface area contributed by atoms with E-state index in [2.05, 4.69) is 38.5 Å². The van der Waals surface area contributed by atoms with E-state index in [4.69, 9.17) is 22.1 Å². The first-order valence-corrected chi connectivity index (χ1v) is 12.2. The Hall–Kier alpha value is -2.26. The monoisotopic (exact) mass is 484 g/mol. The second-order valence-electron chi connectivity index (χ2n) is 8.50. The number of aromatic nitrogens is 2. The van der Waals surface area contributed by atoms with Gasteiger partial charge in [-0.2, -0.15) is 0 Å². The quantitative estimate of drug-likeness (QED) is 0.378. The van der Waals surface area contributed by atoms with Crippen LogP contribution in [0.15, 0.2) is 62.9 Å². The van der Waals surface area contributed by atoms with Crippen molar-refractivity contribution >= 4 is 35.9 Å². The van der Waals surface area contributed by atoms with Crippen molar-refractivity contribution in [2.24, 2.45) is 21.1 Å². The summed E-state index contributed by atoms with van der Waals surface area (Å²) in [6.45, 7) is 10.4. The van der Waals surface area contributed by atoms with Crippen LogP contribution in [0.3, 0.4) is 0 Å². The van der Waals surface area contributed by atoms with Gasteiger partial charge in [0.15, 0.2) is 0 Å². The number of halogens is 1. The minimum Gasteiger partial charge on any atom is -0.376 e. The molecule has 3 heterocycles. The van der Waals surface area contributed by atoms with E-state index < -0.39 is 0 Å². The Balaban J connectivity index is 1.44. The van der Waals surface area contributed by atoms with Gasteiger partial charge in [-0.15, -0.1) is 0 Å². The van der Waals surface area contributed by atoms with Gasteiger partial charge in [0, 0.05) is 47.4 Å². The van der Waals surface area contributed by atoms with Crippen LogP contribution < -0.4 is 5.73 Å². The van der Waals surface area contributed by atoms with Gasteiger partial charge in [0.1, 0.15) is 10.9 Å². The minimum absolute atomic E-state index is 0.0978. The molecule has 2 N–H and O–H groups in total. The molecule has 2 fully saturated rings. The lowest BCUT2D eigenvalue weighted by atomic mass is 9.73. The van der Waals surface area contributed by atoms with Crippen molar-refractivity contribution in [1.82, 2.24) is 14.9 Å². The number of piperidine rings is 1. The lowest BCUT2D eigenvalue weighted by molar-refractivity contribution is 0.0838. The average molecular weight is 485 g/mol. The van der Waals surface area contributed by atoms with E-state index in [0.29, 0.717) is 10.1 Å². The number of hydrogen-bond acceptors (Lipinski definition) is 7. The summed E-state index contributed by atoms with van der Waals surface area (Å²) in [5.41, 5.74) is 8.08. The molecule has 0 radical (unpaired) electrons. The third kappa shape index (κ3) is 5.14. The Labute approximate surface area is 204 Å². The first-order chi connectivity index (χ1) is 15.9. The Morgan fingerprint density at radius 2 is 2.15 bits per heavy atom. The standard InChI is InChI=1S/C24H29ClN6OS/c1-16-23(26)24(15-32-16)7-11-31(12-8-24)17(2)30-14-21(27-3)33-20-6-4-5-18(22(20)25)19-13-28-9-10-29-19/h4-6,9-10,13-14,16,23H,3,7-8,11-12,15,26H2,1-2H3/b21-14+,30-17?/t16-,23+/m0/s1. The highest BCUT2D eigenvalue weighted by molar-refractivity contribution is 8.03. The summed E-state index contributed by atoms with van der Waals surface area (Å²) in [5.74, 6) is 0.951.